The Morgan fingerprint density at radius 2 is 2.21 bits per heavy atom. The van der Waals surface area contributed by atoms with E-state index in [1.807, 2.05) is 16.8 Å². The van der Waals surface area contributed by atoms with Crippen LogP contribution in [0, 0.1) is 0 Å². The summed E-state index contributed by atoms with van der Waals surface area (Å²) in [5.41, 5.74) is 1.34. The molecule has 0 saturated heterocycles. The minimum atomic E-state index is -0.00878. The molecule has 0 amide bonds. The Labute approximate surface area is 113 Å². The fraction of sp³-hybridized carbons (Fsp3) is 0.0769. The van der Waals surface area contributed by atoms with Gasteiger partial charge in [-0.15, -0.1) is 0 Å². The molecule has 0 unspecified atom stereocenters. The maximum Gasteiger partial charge on any atom is 0.262 e. The average molecular weight is 274 g/mol. The summed E-state index contributed by atoms with van der Waals surface area (Å²) in [5, 5.41) is 17.8. The molecule has 0 spiro atoms. The maximum absolute atomic E-state index is 10.0. The number of aromatic hydroxyl groups is 1. The van der Waals surface area contributed by atoms with Gasteiger partial charge in [0.15, 0.2) is 11.5 Å². The van der Waals surface area contributed by atoms with E-state index in [1.54, 1.807) is 29.5 Å². The Morgan fingerprint density at radius 1 is 1.32 bits per heavy atom. The van der Waals surface area contributed by atoms with Crippen molar-refractivity contribution in [2.24, 2.45) is 0 Å². The van der Waals surface area contributed by atoms with Crippen molar-refractivity contribution in [3.05, 3.63) is 35.0 Å². The first kappa shape index (κ1) is 11.7. The first-order valence-electron chi connectivity index (χ1n) is 5.52. The summed E-state index contributed by atoms with van der Waals surface area (Å²) in [6, 6.07) is 7.02. The lowest BCUT2D eigenvalue weighted by atomic mass is 10.2. The molecule has 0 radical (unpaired) electrons. The Bertz CT molecular complexity index is 692. The second-order valence-corrected chi connectivity index (χ2v) is 4.57. The molecule has 96 valence electrons. The smallest absolute Gasteiger partial charge is 0.262 e. The second-order valence-electron chi connectivity index (χ2n) is 3.79. The molecule has 6 heteroatoms. The van der Waals surface area contributed by atoms with Crippen molar-refractivity contribution in [1.82, 2.24) is 10.1 Å². The third kappa shape index (κ3) is 2.06. The number of hydrogen-bond acceptors (Lipinski definition) is 6. The standard InChI is InChI=1S/C13H10N2O3S/c1-17-10-4-2-3-9(11(10)16)13-14-12(15-18-13)8-5-6-19-7-8/h2-7,16H,1H3. The highest BCUT2D eigenvalue weighted by molar-refractivity contribution is 7.08. The van der Waals surface area contributed by atoms with E-state index in [0.29, 0.717) is 17.1 Å². The summed E-state index contributed by atoms with van der Waals surface area (Å²) < 4.78 is 10.2. The third-order valence-electron chi connectivity index (χ3n) is 2.65. The molecule has 0 saturated carbocycles. The summed E-state index contributed by atoms with van der Waals surface area (Å²) >= 11 is 1.56. The number of rotatable bonds is 3. The van der Waals surface area contributed by atoms with E-state index in [9.17, 15) is 5.11 Å². The van der Waals surface area contributed by atoms with E-state index < -0.39 is 0 Å². The van der Waals surface area contributed by atoms with Crippen molar-refractivity contribution in [3.8, 4) is 34.3 Å². The number of ether oxygens (including phenoxy) is 1. The van der Waals surface area contributed by atoms with Gasteiger partial charge >= 0.3 is 0 Å². The number of para-hydroxylation sites is 1. The molecule has 1 N–H and O–H groups in total. The van der Waals surface area contributed by atoms with Crippen LogP contribution in [0.25, 0.3) is 22.8 Å². The summed E-state index contributed by atoms with van der Waals surface area (Å²) in [6.45, 7) is 0. The summed E-state index contributed by atoms with van der Waals surface area (Å²) in [4.78, 5) is 4.27. The van der Waals surface area contributed by atoms with E-state index >= 15 is 0 Å². The molecule has 0 aliphatic heterocycles. The van der Waals surface area contributed by atoms with Crippen LogP contribution in [0.15, 0.2) is 39.5 Å². The predicted molar refractivity (Wildman–Crippen MR) is 71.3 cm³/mol. The van der Waals surface area contributed by atoms with Crippen LogP contribution in [-0.2, 0) is 0 Å². The van der Waals surface area contributed by atoms with Crippen LogP contribution in [0.5, 0.6) is 11.5 Å². The molecule has 0 aliphatic rings. The number of methoxy groups -OCH3 is 1. The molecule has 0 atom stereocenters. The SMILES string of the molecule is COc1cccc(-c2nc(-c3ccsc3)no2)c1O. The zero-order chi connectivity index (χ0) is 13.2. The lowest BCUT2D eigenvalue weighted by Gasteiger charge is -2.04. The molecule has 19 heavy (non-hydrogen) atoms. The molecule has 3 aromatic rings. The zero-order valence-electron chi connectivity index (χ0n) is 10.0. The van der Waals surface area contributed by atoms with Gasteiger partial charge in [0.2, 0.25) is 5.82 Å². The number of nitrogens with zero attached hydrogens (tertiary/aromatic N) is 2. The average Bonchev–Trinajstić information content (AvgIpc) is 3.09. The maximum atomic E-state index is 10.0. The van der Waals surface area contributed by atoms with Crippen molar-refractivity contribution in [2.45, 2.75) is 0 Å². The molecule has 0 bridgehead atoms. The molecule has 2 aromatic heterocycles. The van der Waals surface area contributed by atoms with Gasteiger partial charge in [-0.25, -0.2) is 0 Å². The van der Waals surface area contributed by atoms with Crippen molar-refractivity contribution < 1.29 is 14.4 Å². The van der Waals surface area contributed by atoms with Crippen LogP contribution in [0.3, 0.4) is 0 Å². The number of hydrogen-bond donors (Lipinski definition) is 1. The predicted octanol–water partition coefficient (Wildman–Crippen LogP) is 3.18. The summed E-state index contributed by atoms with van der Waals surface area (Å²) in [5.74, 6) is 1.12. The van der Waals surface area contributed by atoms with Gasteiger partial charge in [-0.05, 0) is 23.6 Å². The van der Waals surface area contributed by atoms with Gasteiger partial charge in [-0.1, -0.05) is 11.2 Å². The van der Waals surface area contributed by atoms with E-state index in [1.165, 1.54) is 7.11 Å². The highest BCUT2D eigenvalue weighted by Gasteiger charge is 2.16. The van der Waals surface area contributed by atoms with E-state index in [4.69, 9.17) is 9.26 Å². The zero-order valence-corrected chi connectivity index (χ0v) is 10.8. The Morgan fingerprint density at radius 3 is 2.95 bits per heavy atom. The number of aromatic nitrogens is 2. The first-order valence-corrected chi connectivity index (χ1v) is 6.46. The Balaban J connectivity index is 2.04. The highest BCUT2D eigenvalue weighted by atomic mass is 32.1. The van der Waals surface area contributed by atoms with Crippen LogP contribution >= 0.6 is 11.3 Å². The lowest BCUT2D eigenvalue weighted by Crippen LogP contribution is -1.86. The summed E-state index contributed by atoms with van der Waals surface area (Å²) in [6.07, 6.45) is 0. The minimum absolute atomic E-state index is 0.00878. The van der Waals surface area contributed by atoms with E-state index in [2.05, 4.69) is 10.1 Å². The molecule has 0 aliphatic carbocycles. The monoisotopic (exact) mass is 274 g/mol. The molecule has 1 aromatic carbocycles. The van der Waals surface area contributed by atoms with Gasteiger partial charge in [-0.2, -0.15) is 16.3 Å². The van der Waals surface area contributed by atoms with Crippen LogP contribution in [0.4, 0.5) is 0 Å². The van der Waals surface area contributed by atoms with Gasteiger partial charge in [0.25, 0.3) is 5.89 Å². The fourth-order valence-electron chi connectivity index (χ4n) is 1.70. The Hall–Kier alpha value is -2.34. The fourth-order valence-corrected chi connectivity index (χ4v) is 2.34. The van der Waals surface area contributed by atoms with Gasteiger partial charge in [0, 0.05) is 10.9 Å². The van der Waals surface area contributed by atoms with Crippen molar-refractivity contribution >= 4 is 11.3 Å². The highest BCUT2D eigenvalue weighted by Crippen LogP contribution is 2.36. The van der Waals surface area contributed by atoms with Crippen molar-refractivity contribution in [3.63, 3.8) is 0 Å². The summed E-state index contributed by atoms with van der Waals surface area (Å²) in [7, 11) is 1.49. The molecule has 0 fully saturated rings. The molecule has 5 nitrogen and oxygen atoms in total. The van der Waals surface area contributed by atoms with Crippen LogP contribution < -0.4 is 4.74 Å². The van der Waals surface area contributed by atoms with Gasteiger partial charge in [-0.3, -0.25) is 0 Å². The van der Waals surface area contributed by atoms with Crippen molar-refractivity contribution in [2.75, 3.05) is 7.11 Å². The normalized spacial score (nSPS) is 10.6. The largest absolute Gasteiger partial charge is 0.504 e. The topological polar surface area (TPSA) is 68.4 Å². The second kappa shape index (κ2) is 4.74. The number of thiophene rings is 1. The van der Waals surface area contributed by atoms with E-state index in [0.717, 1.165) is 5.56 Å². The molecular formula is C13H10N2O3S. The quantitative estimate of drug-likeness (QED) is 0.794. The molecule has 3 rings (SSSR count). The molecule has 2 heterocycles. The third-order valence-corrected chi connectivity index (χ3v) is 3.34. The van der Waals surface area contributed by atoms with Gasteiger partial charge in [0.1, 0.15) is 0 Å². The first-order chi connectivity index (χ1) is 9.29. The van der Waals surface area contributed by atoms with Gasteiger partial charge in [0.05, 0.1) is 12.7 Å². The lowest BCUT2D eigenvalue weighted by molar-refractivity contribution is 0.371. The number of phenols is 1. The number of phenolic OH excluding ortho intramolecular Hbond substituents is 1. The van der Waals surface area contributed by atoms with Crippen LogP contribution in [-0.4, -0.2) is 22.4 Å². The van der Waals surface area contributed by atoms with Crippen LogP contribution in [0.2, 0.25) is 0 Å². The molecular weight excluding hydrogens is 264 g/mol. The van der Waals surface area contributed by atoms with E-state index in [-0.39, 0.29) is 11.6 Å². The van der Waals surface area contributed by atoms with Crippen LogP contribution in [0.1, 0.15) is 0 Å². The number of benzene rings is 1. The minimum Gasteiger partial charge on any atom is -0.504 e. The van der Waals surface area contributed by atoms with Gasteiger partial charge < -0.3 is 14.4 Å². The Kier molecular flexibility index (Phi) is 2.92. The van der Waals surface area contributed by atoms with Crippen molar-refractivity contribution in [1.29, 1.82) is 0 Å².